The van der Waals surface area contributed by atoms with Gasteiger partial charge in [-0.3, -0.25) is 4.79 Å². The molecule has 30 heavy (non-hydrogen) atoms. The van der Waals surface area contributed by atoms with E-state index >= 15 is 0 Å². The molecule has 6 heteroatoms. The Morgan fingerprint density at radius 1 is 1.07 bits per heavy atom. The Balaban J connectivity index is 1.71. The molecule has 0 fully saturated rings. The second kappa shape index (κ2) is 8.61. The Morgan fingerprint density at radius 3 is 2.33 bits per heavy atom. The molecule has 6 nitrogen and oxygen atoms in total. The lowest BCUT2D eigenvalue weighted by molar-refractivity contribution is 0.102. The van der Waals surface area contributed by atoms with Crippen LogP contribution in [0.25, 0.3) is 0 Å². The number of methoxy groups -OCH3 is 1. The number of amides is 1. The minimum absolute atomic E-state index is 0.0648. The Kier molecular flexibility index (Phi) is 6.15. The fraction of sp³-hybridized carbons (Fsp3) is 0.333. The first kappa shape index (κ1) is 21.4. The van der Waals surface area contributed by atoms with E-state index in [-0.39, 0.29) is 11.3 Å². The predicted octanol–water partition coefficient (Wildman–Crippen LogP) is 5.43. The molecule has 1 heterocycles. The van der Waals surface area contributed by atoms with Crippen LogP contribution in [0.3, 0.4) is 0 Å². The summed E-state index contributed by atoms with van der Waals surface area (Å²) < 4.78 is 16.5. The zero-order chi connectivity index (χ0) is 21.9. The van der Waals surface area contributed by atoms with Gasteiger partial charge in [-0.15, -0.1) is 0 Å². The van der Waals surface area contributed by atoms with Crippen molar-refractivity contribution in [1.82, 2.24) is 5.16 Å². The number of carbonyl (C=O) groups excluding carboxylic acids is 1. The molecule has 0 bridgehead atoms. The topological polar surface area (TPSA) is 73.6 Å². The highest BCUT2D eigenvalue weighted by molar-refractivity contribution is 6.04. The molecule has 1 amide bonds. The first-order valence-electron chi connectivity index (χ1n) is 9.83. The average molecular weight is 408 g/mol. The van der Waals surface area contributed by atoms with E-state index in [2.05, 4.69) is 31.2 Å². The van der Waals surface area contributed by atoms with E-state index in [0.29, 0.717) is 23.7 Å². The number of rotatable bonds is 6. The van der Waals surface area contributed by atoms with Crippen molar-refractivity contribution in [2.75, 3.05) is 12.4 Å². The number of hydrogen-bond acceptors (Lipinski definition) is 5. The Morgan fingerprint density at radius 2 is 1.77 bits per heavy atom. The molecule has 1 aromatic heterocycles. The van der Waals surface area contributed by atoms with Crippen LogP contribution < -0.4 is 14.8 Å². The molecule has 1 N–H and O–H groups in total. The van der Waals surface area contributed by atoms with E-state index in [4.69, 9.17) is 14.0 Å². The number of aryl methyl sites for hydroxylation is 2. The summed E-state index contributed by atoms with van der Waals surface area (Å²) in [4.78, 5) is 12.7. The molecule has 0 spiro atoms. The van der Waals surface area contributed by atoms with Gasteiger partial charge in [0.25, 0.3) is 5.91 Å². The van der Waals surface area contributed by atoms with Gasteiger partial charge < -0.3 is 19.3 Å². The van der Waals surface area contributed by atoms with Crippen molar-refractivity contribution in [3.8, 4) is 11.5 Å². The van der Waals surface area contributed by atoms with Gasteiger partial charge in [0.15, 0.2) is 11.5 Å². The van der Waals surface area contributed by atoms with E-state index < -0.39 is 0 Å². The summed E-state index contributed by atoms with van der Waals surface area (Å²) in [6.07, 6.45) is 0. The molecule has 0 aliphatic carbocycles. The first-order chi connectivity index (χ1) is 14.2. The SMILES string of the molecule is COc1cc(C(=O)Nc2ccc(C(C)(C)C)cc2)ccc1OCc1c(C)noc1C. The Labute approximate surface area is 177 Å². The van der Waals surface area contributed by atoms with Gasteiger partial charge in [0.2, 0.25) is 0 Å². The van der Waals surface area contributed by atoms with Crippen molar-refractivity contribution in [3.05, 3.63) is 70.6 Å². The molecule has 0 saturated carbocycles. The largest absolute Gasteiger partial charge is 0.493 e. The van der Waals surface area contributed by atoms with Crippen molar-refractivity contribution < 1.29 is 18.8 Å². The molecule has 2 aromatic carbocycles. The number of anilines is 1. The predicted molar refractivity (Wildman–Crippen MR) is 116 cm³/mol. The first-order valence-corrected chi connectivity index (χ1v) is 9.83. The average Bonchev–Trinajstić information content (AvgIpc) is 3.03. The number of ether oxygens (including phenoxy) is 2. The third-order valence-electron chi connectivity index (χ3n) is 4.99. The van der Waals surface area contributed by atoms with Crippen LogP contribution >= 0.6 is 0 Å². The van der Waals surface area contributed by atoms with Gasteiger partial charge in [-0.1, -0.05) is 38.1 Å². The summed E-state index contributed by atoms with van der Waals surface area (Å²) in [6, 6.07) is 13.0. The minimum atomic E-state index is -0.214. The zero-order valence-electron chi connectivity index (χ0n) is 18.3. The molecule has 158 valence electrons. The van der Waals surface area contributed by atoms with Gasteiger partial charge in [0.05, 0.1) is 18.4 Å². The summed E-state index contributed by atoms with van der Waals surface area (Å²) >= 11 is 0. The number of aromatic nitrogens is 1. The molecule has 3 aromatic rings. The lowest BCUT2D eigenvalue weighted by atomic mass is 9.87. The number of nitrogens with zero attached hydrogens (tertiary/aromatic N) is 1. The van der Waals surface area contributed by atoms with Crippen LogP contribution in [0.4, 0.5) is 5.69 Å². The number of benzene rings is 2. The third kappa shape index (κ3) is 4.82. The molecule has 0 radical (unpaired) electrons. The molecular weight excluding hydrogens is 380 g/mol. The van der Waals surface area contributed by atoms with E-state index in [9.17, 15) is 4.79 Å². The monoisotopic (exact) mass is 408 g/mol. The van der Waals surface area contributed by atoms with Gasteiger partial charge in [0.1, 0.15) is 12.4 Å². The van der Waals surface area contributed by atoms with Crippen LogP contribution in [0.1, 0.15) is 53.7 Å². The summed E-state index contributed by atoms with van der Waals surface area (Å²) in [5.74, 6) is 1.54. The maximum Gasteiger partial charge on any atom is 0.255 e. The molecule has 0 unspecified atom stereocenters. The molecule has 0 atom stereocenters. The molecule has 0 aliphatic rings. The summed E-state index contributed by atoms with van der Waals surface area (Å²) in [5.41, 5.74) is 4.19. The summed E-state index contributed by atoms with van der Waals surface area (Å²) in [5, 5.41) is 6.85. The van der Waals surface area contributed by atoms with E-state index in [0.717, 1.165) is 22.7 Å². The highest BCUT2D eigenvalue weighted by Crippen LogP contribution is 2.30. The Hall–Kier alpha value is -3.28. The van der Waals surface area contributed by atoms with Crippen molar-refractivity contribution in [2.24, 2.45) is 0 Å². The number of hydrogen-bond donors (Lipinski definition) is 1. The quantitative estimate of drug-likeness (QED) is 0.589. The highest BCUT2D eigenvalue weighted by Gasteiger charge is 2.16. The number of carbonyl (C=O) groups is 1. The molecule has 3 rings (SSSR count). The fourth-order valence-electron chi connectivity index (χ4n) is 3.04. The van der Waals surface area contributed by atoms with Crippen LogP contribution in [0.5, 0.6) is 11.5 Å². The smallest absolute Gasteiger partial charge is 0.255 e. The normalized spacial score (nSPS) is 11.3. The maximum absolute atomic E-state index is 12.7. The van der Waals surface area contributed by atoms with Crippen LogP contribution in [-0.2, 0) is 12.0 Å². The molecular formula is C24H28N2O4. The van der Waals surface area contributed by atoms with E-state index in [1.165, 1.54) is 5.56 Å². The van der Waals surface area contributed by atoms with Crippen molar-refractivity contribution in [1.29, 1.82) is 0 Å². The summed E-state index contributed by atoms with van der Waals surface area (Å²) in [7, 11) is 1.55. The highest BCUT2D eigenvalue weighted by atomic mass is 16.5. The molecule has 0 saturated heterocycles. The third-order valence-corrected chi connectivity index (χ3v) is 4.99. The second-order valence-corrected chi connectivity index (χ2v) is 8.24. The van der Waals surface area contributed by atoms with Crippen LogP contribution in [0.2, 0.25) is 0 Å². The molecule has 0 aliphatic heterocycles. The van der Waals surface area contributed by atoms with Gasteiger partial charge in [-0.05, 0) is 55.2 Å². The lowest BCUT2D eigenvalue weighted by Gasteiger charge is -2.19. The van der Waals surface area contributed by atoms with E-state index in [1.54, 1.807) is 25.3 Å². The fourth-order valence-corrected chi connectivity index (χ4v) is 3.04. The zero-order valence-corrected chi connectivity index (χ0v) is 18.3. The van der Waals surface area contributed by atoms with Gasteiger partial charge in [-0.2, -0.15) is 0 Å². The van der Waals surface area contributed by atoms with Gasteiger partial charge in [-0.25, -0.2) is 0 Å². The van der Waals surface area contributed by atoms with Crippen molar-refractivity contribution >= 4 is 11.6 Å². The lowest BCUT2D eigenvalue weighted by Crippen LogP contribution is -2.14. The second-order valence-electron chi connectivity index (χ2n) is 8.24. The standard InChI is InChI=1S/C24H28N2O4/c1-15-20(16(2)30-26-15)14-29-21-12-7-17(13-22(21)28-6)23(27)25-19-10-8-18(9-11-19)24(3,4)5/h7-13H,14H2,1-6H3,(H,25,27). The van der Waals surface area contributed by atoms with Crippen molar-refractivity contribution in [2.45, 2.75) is 46.6 Å². The van der Waals surface area contributed by atoms with Gasteiger partial charge >= 0.3 is 0 Å². The van der Waals surface area contributed by atoms with Gasteiger partial charge in [0, 0.05) is 11.3 Å². The van der Waals surface area contributed by atoms with Crippen LogP contribution in [0, 0.1) is 13.8 Å². The van der Waals surface area contributed by atoms with E-state index in [1.807, 2.05) is 38.1 Å². The Bertz CT molecular complexity index is 1010. The number of nitrogens with one attached hydrogen (secondary N) is 1. The maximum atomic E-state index is 12.7. The summed E-state index contributed by atoms with van der Waals surface area (Å²) in [6.45, 7) is 10.5. The van der Waals surface area contributed by atoms with Crippen LogP contribution in [0.15, 0.2) is 47.0 Å². The minimum Gasteiger partial charge on any atom is -0.493 e. The van der Waals surface area contributed by atoms with Crippen molar-refractivity contribution in [3.63, 3.8) is 0 Å². The van der Waals surface area contributed by atoms with Crippen LogP contribution in [-0.4, -0.2) is 18.2 Å².